The Bertz CT molecular complexity index is 676. The van der Waals surface area contributed by atoms with Crippen LogP contribution in [-0.4, -0.2) is 22.6 Å². The molecule has 1 aromatic carbocycles. The van der Waals surface area contributed by atoms with Crippen LogP contribution < -0.4 is 0 Å². The number of hydrogen-bond donors (Lipinski definition) is 0. The first-order valence-corrected chi connectivity index (χ1v) is 7.40. The number of ether oxygens (including phenoxy) is 1. The van der Waals surface area contributed by atoms with Crippen molar-refractivity contribution >= 4 is 17.6 Å². The van der Waals surface area contributed by atoms with E-state index in [2.05, 4.69) is 9.55 Å². The van der Waals surface area contributed by atoms with Crippen LogP contribution in [0.3, 0.4) is 0 Å². The van der Waals surface area contributed by atoms with Gasteiger partial charge in [0.25, 0.3) is 0 Å². The molecule has 21 heavy (non-hydrogen) atoms. The number of carbonyl (C=O) groups excluding carboxylic acids is 1. The molecular weight excluding hydrogens is 288 g/mol. The first-order chi connectivity index (χ1) is 10.1. The summed E-state index contributed by atoms with van der Waals surface area (Å²) in [5.41, 5.74) is 2.99. The highest BCUT2D eigenvalue weighted by molar-refractivity contribution is 6.30. The van der Waals surface area contributed by atoms with Crippen LogP contribution in [0.15, 0.2) is 24.3 Å². The van der Waals surface area contributed by atoms with Gasteiger partial charge in [0.1, 0.15) is 11.7 Å². The summed E-state index contributed by atoms with van der Waals surface area (Å²) < 4.78 is 6.95. The van der Waals surface area contributed by atoms with Gasteiger partial charge in [-0.3, -0.25) is 4.79 Å². The number of fused-ring (bicyclic) bond motifs is 1. The van der Waals surface area contributed by atoms with Gasteiger partial charge in [-0.05, 0) is 19.8 Å². The van der Waals surface area contributed by atoms with E-state index >= 15 is 0 Å². The van der Waals surface area contributed by atoms with Gasteiger partial charge in [0.15, 0.2) is 5.15 Å². The number of aryl methyl sites for hydroxylation is 1. The maximum Gasteiger partial charge on any atom is 0.314 e. The normalized spacial score (nSPS) is 17.4. The average Bonchev–Trinajstić information content (AvgIpc) is 2.85. The van der Waals surface area contributed by atoms with Gasteiger partial charge in [-0.15, -0.1) is 0 Å². The molecule has 0 bridgehead atoms. The summed E-state index contributed by atoms with van der Waals surface area (Å²) in [4.78, 5) is 16.4. The summed E-state index contributed by atoms with van der Waals surface area (Å²) in [6, 6.07) is 8.16. The topological polar surface area (TPSA) is 44.1 Å². The van der Waals surface area contributed by atoms with E-state index in [4.69, 9.17) is 16.3 Å². The van der Waals surface area contributed by atoms with Crippen LogP contribution in [0, 0.1) is 6.92 Å². The molecule has 0 spiro atoms. The van der Waals surface area contributed by atoms with Crippen molar-refractivity contribution in [3.63, 3.8) is 0 Å². The molecule has 2 aromatic rings. The summed E-state index contributed by atoms with van der Waals surface area (Å²) >= 11 is 6.30. The molecule has 1 atom stereocenters. The van der Waals surface area contributed by atoms with Crippen molar-refractivity contribution in [1.82, 2.24) is 9.55 Å². The van der Waals surface area contributed by atoms with Crippen LogP contribution in [-0.2, 0) is 16.1 Å². The largest absolute Gasteiger partial charge is 0.469 e. The maximum absolute atomic E-state index is 12.0. The Hall–Kier alpha value is -1.81. The molecule has 0 saturated carbocycles. The molecule has 1 unspecified atom stereocenters. The lowest BCUT2D eigenvalue weighted by atomic mass is 9.96. The number of aromatic nitrogens is 2. The van der Waals surface area contributed by atoms with Crippen molar-refractivity contribution in [3.05, 3.63) is 40.7 Å². The van der Waals surface area contributed by atoms with Gasteiger partial charge in [0.2, 0.25) is 0 Å². The molecule has 1 aliphatic rings. The predicted molar refractivity (Wildman–Crippen MR) is 81.4 cm³/mol. The van der Waals surface area contributed by atoms with Crippen molar-refractivity contribution in [2.24, 2.45) is 0 Å². The Balaban J connectivity index is 2.10. The monoisotopic (exact) mass is 304 g/mol. The predicted octanol–water partition coefficient (Wildman–Crippen LogP) is 3.56. The number of nitrogens with zero attached hydrogens (tertiary/aromatic N) is 2. The Labute approximate surface area is 128 Å². The quantitative estimate of drug-likeness (QED) is 0.797. The standard InChI is InChI=1S/C16H17ClN2O2/c1-10-5-7-11(8-6-10)15-18-14(17)13-12(16(20)21-2)4-3-9-19(13)15/h5-8,12H,3-4,9H2,1-2H3. The molecule has 5 heteroatoms. The Morgan fingerprint density at radius 3 is 2.76 bits per heavy atom. The number of benzene rings is 1. The summed E-state index contributed by atoms with van der Waals surface area (Å²) in [6.07, 6.45) is 1.67. The van der Waals surface area contributed by atoms with Gasteiger partial charge in [-0.25, -0.2) is 4.98 Å². The average molecular weight is 305 g/mol. The first kappa shape index (κ1) is 14.1. The third kappa shape index (κ3) is 2.44. The Kier molecular flexibility index (Phi) is 3.72. The zero-order valence-corrected chi connectivity index (χ0v) is 12.9. The van der Waals surface area contributed by atoms with Crippen LogP contribution in [0.5, 0.6) is 0 Å². The van der Waals surface area contributed by atoms with Crippen LogP contribution >= 0.6 is 11.6 Å². The van der Waals surface area contributed by atoms with Crippen molar-refractivity contribution in [2.45, 2.75) is 32.2 Å². The zero-order chi connectivity index (χ0) is 15.0. The van der Waals surface area contributed by atoms with Crippen molar-refractivity contribution in [3.8, 4) is 11.4 Å². The number of imidazole rings is 1. The second-order valence-electron chi connectivity index (χ2n) is 5.35. The molecule has 0 fully saturated rings. The highest BCUT2D eigenvalue weighted by atomic mass is 35.5. The zero-order valence-electron chi connectivity index (χ0n) is 12.1. The van der Waals surface area contributed by atoms with Crippen LogP contribution in [0.1, 0.15) is 30.0 Å². The van der Waals surface area contributed by atoms with Gasteiger partial charge >= 0.3 is 5.97 Å². The van der Waals surface area contributed by atoms with Crippen LogP contribution in [0.25, 0.3) is 11.4 Å². The lowest BCUT2D eigenvalue weighted by Gasteiger charge is -2.23. The molecular formula is C16H17ClN2O2. The number of methoxy groups -OCH3 is 1. The smallest absolute Gasteiger partial charge is 0.314 e. The molecule has 1 aromatic heterocycles. The second-order valence-corrected chi connectivity index (χ2v) is 5.71. The van der Waals surface area contributed by atoms with Crippen molar-refractivity contribution in [2.75, 3.05) is 7.11 Å². The lowest BCUT2D eigenvalue weighted by Crippen LogP contribution is -2.23. The number of halogens is 1. The number of esters is 1. The second kappa shape index (κ2) is 5.53. The van der Waals surface area contributed by atoms with Crippen molar-refractivity contribution in [1.29, 1.82) is 0 Å². The fraction of sp³-hybridized carbons (Fsp3) is 0.375. The van der Waals surface area contributed by atoms with Gasteiger partial charge in [0.05, 0.1) is 12.8 Å². The van der Waals surface area contributed by atoms with E-state index in [9.17, 15) is 4.79 Å². The SMILES string of the molecule is COC(=O)C1CCCn2c(-c3ccc(C)cc3)nc(Cl)c21. The fourth-order valence-corrected chi connectivity index (χ4v) is 3.19. The van der Waals surface area contributed by atoms with E-state index < -0.39 is 0 Å². The molecule has 4 nitrogen and oxygen atoms in total. The molecule has 110 valence electrons. The summed E-state index contributed by atoms with van der Waals surface area (Å²) in [7, 11) is 1.41. The molecule has 3 rings (SSSR count). The molecule has 0 radical (unpaired) electrons. The molecule has 0 aliphatic carbocycles. The highest BCUT2D eigenvalue weighted by Crippen LogP contribution is 2.37. The van der Waals surface area contributed by atoms with E-state index in [1.165, 1.54) is 12.7 Å². The van der Waals surface area contributed by atoms with E-state index in [1.54, 1.807) is 0 Å². The highest BCUT2D eigenvalue weighted by Gasteiger charge is 2.33. The minimum Gasteiger partial charge on any atom is -0.469 e. The summed E-state index contributed by atoms with van der Waals surface area (Å²) in [6.45, 7) is 2.87. The summed E-state index contributed by atoms with van der Waals surface area (Å²) in [5.74, 6) is 0.264. The molecule has 1 aliphatic heterocycles. The number of rotatable bonds is 2. The lowest BCUT2D eigenvalue weighted by molar-refractivity contribution is -0.143. The minimum absolute atomic E-state index is 0.242. The minimum atomic E-state index is -0.317. The van der Waals surface area contributed by atoms with Gasteiger partial charge < -0.3 is 9.30 Å². The molecule has 0 N–H and O–H groups in total. The van der Waals surface area contributed by atoms with Gasteiger partial charge in [-0.1, -0.05) is 41.4 Å². The van der Waals surface area contributed by atoms with Crippen LogP contribution in [0.2, 0.25) is 5.15 Å². The fourth-order valence-electron chi connectivity index (χ4n) is 2.88. The third-order valence-electron chi connectivity index (χ3n) is 3.96. The number of carbonyl (C=O) groups is 1. The molecule has 0 saturated heterocycles. The van der Waals surface area contributed by atoms with E-state index in [-0.39, 0.29) is 11.9 Å². The first-order valence-electron chi connectivity index (χ1n) is 7.02. The van der Waals surface area contributed by atoms with Crippen molar-refractivity contribution < 1.29 is 9.53 Å². The van der Waals surface area contributed by atoms with E-state index in [0.29, 0.717) is 5.15 Å². The number of hydrogen-bond acceptors (Lipinski definition) is 3. The van der Waals surface area contributed by atoms with Crippen LogP contribution in [0.4, 0.5) is 0 Å². The molecule has 2 heterocycles. The van der Waals surface area contributed by atoms with E-state index in [1.807, 2.05) is 31.2 Å². The maximum atomic E-state index is 12.0. The molecule has 0 amide bonds. The Morgan fingerprint density at radius 1 is 1.38 bits per heavy atom. The third-order valence-corrected chi connectivity index (χ3v) is 4.24. The van der Waals surface area contributed by atoms with Gasteiger partial charge in [-0.2, -0.15) is 0 Å². The Morgan fingerprint density at radius 2 is 2.10 bits per heavy atom. The summed E-state index contributed by atoms with van der Waals surface area (Å²) in [5, 5.41) is 0.403. The van der Waals surface area contributed by atoms with E-state index in [0.717, 1.165) is 36.5 Å². The van der Waals surface area contributed by atoms with Gasteiger partial charge in [0, 0.05) is 12.1 Å².